The molecule has 128 valence electrons. The Morgan fingerprint density at radius 2 is 1.76 bits per heavy atom. The molecule has 0 atom stereocenters. The van der Waals surface area contributed by atoms with Crippen molar-refractivity contribution in [2.75, 3.05) is 19.5 Å². The SMILES string of the molecule is COc1ccc(-c2nnc(NC(=O)c3ccc(Cl)cc3)s2)cc1OC. The van der Waals surface area contributed by atoms with Crippen molar-refractivity contribution < 1.29 is 14.3 Å². The van der Waals surface area contributed by atoms with Gasteiger partial charge in [0.05, 0.1) is 14.2 Å². The van der Waals surface area contributed by atoms with Gasteiger partial charge in [-0.15, -0.1) is 10.2 Å². The van der Waals surface area contributed by atoms with E-state index in [4.69, 9.17) is 21.1 Å². The van der Waals surface area contributed by atoms with Gasteiger partial charge in [-0.25, -0.2) is 0 Å². The van der Waals surface area contributed by atoms with Crippen molar-refractivity contribution in [3.05, 3.63) is 53.1 Å². The van der Waals surface area contributed by atoms with Crippen LogP contribution < -0.4 is 14.8 Å². The number of nitrogens with zero attached hydrogens (tertiary/aromatic N) is 2. The van der Waals surface area contributed by atoms with Crippen molar-refractivity contribution in [2.24, 2.45) is 0 Å². The average Bonchev–Trinajstić information content (AvgIpc) is 3.10. The molecule has 25 heavy (non-hydrogen) atoms. The molecule has 0 unspecified atom stereocenters. The molecule has 8 heteroatoms. The summed E-state index contributed by atoms with van der Waals surface area (Å²) in [6.45, 7) is 0. The van der Waals surface area contributed by atoms with Crippen molar-refractivity contribution >= 4 is 34.0 Å². The largest absolute Gasteiger partial charge is 0.493 e. The van der Waals surface area contributed by atoms with Crippen molar-refractivity contribution in [2.45, 2.75) is 0 Å². The van der Waals surface area contributed by atoms with Gasteiger partial charge in [-0.2, -0.15) is 0 Å². The first-order chi connectivity index (χ1) is 12.1. The van der Waals surface area contributed by atoms with E-state index < -0.39 is 0 Å². The Morgan fingerprint density at radius 3 is 2.44 bits per heavy atom. The van der Waals surface area contributed by atoms with Gasteiger partial charge in [0, 0.05) is 16.1 Å². The van der Waals surface area contributed by atoms with Crippen LogP contribution >= 0.6 is 22.9 Å². The van der Waals surface area contributed by atoms with Crippen molar-refractivity contribution in [1.29, 1.82) is 0 Å². The van der Waals surface area contributed by atoms with Gasteiger partial charge in [-0.05, 0) is 42.5 Å². The molecule has 1 aromatic heterocycles. The Kier molecular flexibility index (Phi) is 5.16. The minimum atomic E-state index is -0.272. The van der Waals surface area contributed by atoms with E-state index in [9.17, 15) is 4.79 Å². The zero-order valence-corrected chi connectivity index (χ0v) is 15.0. The highest BCUT2D eigenvalue weighted by Crippen LogP contribution is 2.34. The van der Waals surface area contributed by atoms with E-state index >= 15 is 0 Å². The number of halogens is 1. The lowest BCUT2D eigenvalue weighted by atomic mass is 10.2. The van der Waals surface area contributed by atoms with Crippen LogP contribution in [0.5, 0.6) is 11.5 Å². The fourth-order valence-corrected chi connectivity index (χ4v) is 2.99. The molecule has 6 nitrogen and oxygen atoms in total. The Bertz CT molecular complexity index is 896. The topological polar surface area (TPSA) is 73.3 Å². The maximum atomic E-state index is 12.2. The maximum Gasteiger partial charge on any atom is 0.257 e. The number of benzene rings is 2. The Balaban J connectivity index is 1.78. The van der Waals surface area contributed by atoms with Gasteiger partial charge in [-0.3, -0.25) is 10.1 Å². The van der Waals surface area contributed by atoms with Gasteiger partial charge in [-0.1, -0.05) is 22.9 Å². The van der Waals surface area contributed by atoms with Gasteiger partial charge < -0.3 is 9.47 Å². The van der Waals surface area contributed by atoms with E-state index in [-0.39, 0.29) is 5.91 Å². The zero-order chi connectivity index (χ0) is 17.8. The number of carbonyl (C=O) groups excluding carboxylic acids is 1. The molecule has 3 rings (SSSR count). The Labute approximate surface area is 153 Å². The molecule has 0 aliphatic carbocycles. The maximum absolute atomic E-state index is 12.2. The van der Waals surface area contributed by atoms with Crippen LogP contribution in [0.2, 0.25) is 5.02 Å². The summed E-state index contributed by atoms with van der Waals surface area (Å²) in [5, 5.41) is 12.5. The molecule has 3 aromatic rings. The third kappa shape index (κ3) is 3.89. The fourth-order valence-electron chi connectivity index (χ4n) is 2.13. The van der Waals surface area contributed by atoms with Gasteiger partial charge in [0.2, 0.25) is 5.13 Å². The first-order valence-corrected chi connectivity index (χ1v) is 8.43. The van der Waals surface area contributed by atoms with E-state index in [1.807, 2.05) is 12.1 Å². The number of rotatable bonds is 5. The van der Waals surface area contributed by atoms with Gasteiger partial charge in [0.25, 0.3) is 5.91 Å². The summed E-state index contributed by atoms with van der Waals surface area (Å²) in [4.78, 5) is 12.2. The number of anilines is 1. The Morgan fingerprint density at radius 1 is 1.04 bits per heavy atom. The van der Waals surface area contributed by atoms with Crippen LogP contribution in [0, 0.1) is 0 Å². The molecule has 2 aromatic carbocycles. The Hall–Kier alpha value is -2.64. The van der Waals surface area contributed by atoms with Crippen LogP contribution in [0.3, 0.4) is 0 Å². The second-order valence-electron chi connectivity index (χ2n) is 4.94. The minimum Gasteiger partial charge on any atom is -0.493 e. The fraction of sp³-hybridized carbons (Fsp3) is 0.118. The van der Waals surface area contributed by atoms with E-state index in [1.165, 1.54) is 11.3 Å². The monoisotopic (exact) mass is 375 g/mol. The summed E-state index contributed by atoms with van der Waals surface area (Å²) >= 11 is 7.09. The third-order valence-corrected chi connectivity index (χ3v) is 4.52. The van der Waals surface area contributed by atoms with Crippen LogP contribution in [0.4, 0.5) is 5.13 Å². The molecule has 0 aliphatic heterocycles. The molecule has 0 fully saturated rings. The summed E-state index contributed by atoms with van der Waals surface area (Å²) in [6.07, 6.45) is 0. The first kappa shape index (κ1) is 17.2. The van der Waals surface area contributed by atoms with E-state index in [1.54, 1.807) is 44.6 Å². The van der Waals surface area contributed by atoms with Crippen molar-refractivity contribution in [3.8, 4) is 22.1 Å². The number of carbonyl (C=O) groups is 1. The predicted molar refractivity (Wildman–Crippen MR) is 97.9 cm³/mol. The van der Waals surface area contributed by atoms with Crippen LogP contribution in [-0.4, -0.2) is 30.3 Å². The summed E-state index contributed by atoms with van der Waals surface area (Å²) < 4.78 is 10.5. The minimum absolute atomic E-state index is 0.272. The molecular weight excluding hydrogens is 362 g/mol. The number of nitrogens with one attached hydrogen (secondary N) is 1. The van der Waals surface area contributed by atoms with Crippen molar-refractivity contribution in [3.63, 3.8) is 0 Å². The molecular formula is C17H14ClN3O3S. The zero-order valence-electron chi connectivity index (χ0n) is 13.4. The van der Waals surface area contributed by atoms with Crippen LogP contribution in [0.25, 0.3) is 10.6 Å². The molecule has 1 N–H and O–H groups in total. The summed E-state index contributed by atoms with van der Waals surface area (Å²) in [6, 6.07) is 12.1. The van der Waals surface area contributed by atoms with Crippen molar-refractivity contribution in [1.82, 2.24) is 10.2 Å². The predicted octanol–water partition coefficient (Wildman–Crippen LogP) is 4.13. The standard InChI is InChI=1S/C17H14ClN3O3S/c1-23-13-8-5-11(9-14(13)24-2)16-20-21-17(25-16)19-15(22)10-3-6-12(18)7-4-10/h3-9H,1-2H3,(H,19,21,22). The summed E-state index contributed by atoms with van der Waals surface area (Å²) in [7, 11) is 3.15. The quantitative estimate of drug-likeness (QED) is 0.725. The lowest BCUT2D eigenvalue weighted by Gasteiger charge is -2.07. The molecule has 0 spiro atoms. The number of amides is 1. The summed E-state index contributed by atoms with van der Waals surface area (Å²) in [5.74, 6) is 0.959. The first-order valence-electron chi connectivity index (χ1n) is 7.23. The molecule has 0 saturated carbocycles. The smallest absolute Gasteiger partial charge is 0.257 e. The second kappa shape index (κ2) is 7.50. The third-order valence-electron chi connectivity index (χ3n) is 3.38. The average molecular weight is 376 g/mol. The van der Waals surface area contributed by atoms with Crippen LogP contribution in [0.15, 0.2) is 42.5 Å². The van der Waals surface area contributed by atoms with Crippen LogP contribution in [0.1, 0.15) is 10.4 Å². The second-order valence-corrected chi connectivity index (χ2v) is 6.36. The number of hydrogen-bond donors (Lipinski definition) is 1. The molecule has 1 amide bonds. The normalized spacial score (nSPS) is 10.4. The highest BCUT2D eigenvalue weighted by molar-refractivity contribution is 7.18. The number of aromatic nitrogens is 2. The van der Waals surface area contributed by atoms with E-state index in [0.29, 0.717) is 32.2 Å². The lowest BCUT2D eigenvalue weighted by Crippen LogP contribution is -2.11. The molecule has 1 heterocycles. The number of ether oxygens (including phenoxy) is 2. The van der Waals surface area contributed by atoms with Gasteiger partial charge in [0.15, 0.2) is 11.5 Å². The van der Waals surface area contributed by atoms with E-state index in [2.05, 4.69) is 15.5 Å². The van der Waals surface area contributed by atoms with Gasteiger partial charge >= 0.3 is 0 Å². The molecule has 0 radical (unpaired) electrons. The summed E-state index contributed by atoms with van der Waals surface area (Å²) in [5.41, 5.74) is 1.31. The number of methoxy groups -OCH3 is 2. The molecule has 0 aliphatic rings. The highest BCUT2D eigenvalue weighted by atomic mass is 35.5. The van der Waals surface area contributed by atoms with Gasteiger partial charge in [0.1, 0.15) is 5.01 Å². The lowest BCUT2D eigenvalue weighted by molar-refractivity contribution is 0.102. The molecule has 0 bridgehead atoms. The number of hydrogen-bond acceptors (Lipinski definition) is 6. The van der Waals surface area contributed by atoms with Crippen LogP contribution in [-0.2, 0) is 0 Å². The van der Waals surface area contributed by atoms with E-state index in [0.717, 1.165) is 5.56 Å². The molecule has 0 saturated heterocycles. The highest BCUT2D eigenvalue weighted by Gasteiger charge is 2.13.